The van der Waals surface area contributed by atoms with Crippen molar-refractivity contribution in [2.75, 3.05) is 0 Å². The van der Waals surface area contributed by atoms with Crippen LogP contribution in [0, 0.1) is 0 Å². The van der Waals surface area contributed by atoms with E-state index in [4.69, 9.17) is 0 Å². The van der Waals surface area contributed by atoms with Gasteiger partial charge in [0.1, 0.15) is 0 Å². The van der Waals surface area contributed by atoms with Gasteiger partial charge in [-0.1, -0.05) is 48.5 Å². The Morgan fingerprint density at radius 3 is 1.31 bits per heavy atom. The molecular formula is C12H8K2O2. The van der Waals surface area contributed by atoms with Crippen molar-refractivity contribution in [3.8, 4) is 22.6 Å². The van der Waals surface area contributed by atoms with Gasteiger partial charge in [-0.3, -0.25) is 0 Å². The summed E-state index contributed by atoms with van der Waals surface area (Å²) < 4.78 is 0. The fraction of sp³-hybridized carbons (Fsp3) is 0. The molecule has 2 nitrogen and oxygen atoms in total. The van der Waals surface area contributed by atoms with E-state index < -0.39 is 0 Å². The quantitative estimate of drug-likeness (QED) is 0.487. The molecule has 0 bridgehead atoms. The van der Waals surface area contributed by atoms with Crippen molar-refractivity contribution in [2.24, 2.45) is 0 Å². The Morgan fingerprint density at radius 2 is 1.00 bits per heavy atom. The van der Waals surface area contributed by atoms with E-state index in [0.717, 1.165) is 11.1 Å². The predicted octanol–water partition coefficient (Wildman–Crippen LogP) is -4.49. The first kappa shape index (κ1) is 17.3. The number of hydrogen-bond acceptors (Lipinski definition) is 2. The third kappa shape index (κ3) is 4.90. The first-order valence-corrected chi connectivity index (χ1v) is 4.30. The van der Waals surface area contributed by atoms with Gasteiger partial charge in [0.25, 0.3) is 0 Å². The third-order valence-electron chi connectivity index (χ3n) is 2.00. The van der Waals surface area contributed by atoms with Crippen LogP contribution in [-0.2, 0) is 0 Å². The molecule has 0 amide bonds. The van der Waals surface area contributed by atoms with Gasteiger partial charge in [-0.25, -0.2) is 0 Å². The minimum absolute atomic E-state index is 0. The van der Waals surface area contributed by atoms with Crippen molar-refractivity contribution in [3.63, 3.8) is 0 Å². The van der Waals surface area contributed by atoms with Gasteiger partial charge in [-0.15, -0.1) is 11.5 Å². The van der Waals surface area contributed by atoms with E-state index in [0.29, 0.717) is 0 Å². The summed E-state index contributed by atoms with van der Waals surface area (Å²) in [6, 6.07) is 13.0. The zero-order valence-corrected chi connectivity index (χ0v) is 15.7. The summed E-state index contributed by atoms with van der Waals surface area (Å²) in [5, 5.41) is 22.1. The Bertz CT molecular complexity index is 415. The molecule has 0 aromatic heterocycles. The zero-order valence-electron chi connectivity index (χ0n) is 9.44. The molecule has 2 rings (SSSR count). The Kier molecular flexibility index (Phi) is 9.11. The molecule has 0 aliphatic carbocycles. The first-order valence-electron chi connectivity index (χ1n) is 4.30. The Morgan fingerprint density at radius 1 is 0.625 bits per heavy atom. The van der Waals surface area contributed by atoms with Gasteiger partial charge in [0, 0.05) is 0 Å². The molecule has 0 fully saturated rings. The Hall–Kier alpha value is 1.31. The van der Waals surface area contributed by atoms with E-state index in [2.05, 4.69) is 0 Å². The number of benzene rings is 2. The average Bonchev–Trinajstić information content (AvgIpc) is 2.18. The van der Waals surface area contributed by atoms with Gasteiger partial charge in [-0.2, -0.15) is 0 Å². The first-order chi connectivity index (χ1) is 6.75. The van der Waals surface area contributed by atoms with Crippen molar-refractivity contribution < 1.29 is 113 Å². The topological polar surface area (TPSA) is 46.1 Å². The summed E-state index contributed by atoms with van der Waals surface area (Å²) in [6.07, 6.45) is 0. The van der Waals surface area contributed by atoms with Crippen LogP contribution in [0.3, 0.4) is 0 Å². The van der Waals surface area contributed by atoms with Crippen LogP contribution in [-0.4, -0.2) is 0 Å². The van der Waals surface area contributed by atoms with Crippen LogP contribution >= 0.6 is 0 Å². The molecule has 0 saturated carbocycles. The van der Waals surface area contributed by atoms with E-state index in [-0.39, 0.29) is 114 Å². The average molecular weight is 262 g/mol. The van der Waals surface area contributed by atoms with Crippen molar-refractivity contribution in [2.45, 2.75) is 0 Å². The van der Waals surface area contributed by atoms with E-state index in [1.54, 1.807) is 12.1 Å². The fourth-order valence-electron chi connectivity index (χ4n) is 1.35. The zero-order chi connectivity index (χ0) is 9.97. The summed E-state index contributed by atoms with van der Waals surface area (Å²) in [5.74, 6) is -0.0856. The molecule has 0 unspecified atom stereocenters. The molecule has 0 atom stereocenters. The molecular weight excluding hydrogens is 254 g/mol. The Balaban J connectivity index is 0.00000112. The number of rotatable bonds is 1. The second-order valence-electron chi connectivity index (χ2n) is 3.06. The van der Waals surface area contributed by atoms with Gasteiger partial charge in [-0.05, 0) is 11.1 Å². The standard InChI is InChI=1S/C12H10O2.2K/c13-11-5-1-3-9(7-11)10-4-2-6-12(14)8-10;;/h1-8,13-14H;;/q;2*+1/p-2. The van der Waals surface area contributed by atoms with Gasteiger partial charge >= 0.3 is 103 Å². The molecule has 2 aromatic carbocycles. The number of hydrogen-bond donors (Lipinski definition) is 0. The maximum absolute atomic E-state index is 11.1. The Labute approximate surface area is 180 Å². The van der Waals surface area contributed by atoms with E-state index in [1.165, 1.54) is 24.3 Å². The molecule has 16 heavy (non-hydrogen) atoms. The molecule has 0 spiro atoms. The largest absolute Gasteiger partial charge is 1.00 e. The van der Waals surface area contributed by atoms with Crippen LogP contribution in [0.15, 0.2) is 48.5 Å². The van der Waals surface area contributed by atoms with Gasteiger partial charge in [0.05, 0.1) is 0 Å². The minimum atomic E-state index is -0.0428. The predicted molar refractivity (Wildman–Crippen MR) is 50.8 cm³/mol. The molecule has 0 aliphatic rings. The summed E-state index contributed by atoms with van der Waals surface area (Å²) >= 11 is 0. The van der Waals surface area contributed by atoms with E-state index in [1.807, 2.05) is 12.1 Å². The summed E-state index contributed by atoms with van der Waals surface area (Å²) in [6.45, 7) is 0. The fourth-order valence-corrected chi connectivity index (χ4v) is 1.35. The van der Waals surface area contributed by atoms with Crippen molar-refractivity contribution >= 4 is 0 Å². The van der Waals surface area contributed by atoms with Crippen molar-refractivity contribution in [1.82, 2.24) is 0 Å². The van der Waals surface area contributed by atoms with Crippen molar-refractivity contribution in [1.29, 1.82) is 0 Å². The van der Waals surface area contributed by atoms with Gasteiger partial charge in [0.2, 0.25) is 0 Å². The molecule has 4 heteroatoms. The minimum Gasteiger partial charge on any atom is -0.872 e. The molecule has 70 valence electrons. The molecule has 0 heterocycles. The van der Waals surface area contributed by atoms with Gasteiger partial charge < -0.3 is 10.2 Å². The smallest absolute Gasteiger partial charge is 0.872 e. The maximum atomic E-state index is 11.1. The molecule has 0 radical (unpaired) electrons. The van der Waals surface area contributed by atoms with E-state index >= 15 is 0 Å². The molecule has 0 saturated heterocycles. The van der Waals surface area contributed by atoms with Crippen molar-refractivity contribution in [3.05, 3.63) is 48.5 Å². The molecule has 2 aromatic rings. The van der Waals surface area contributed by atoms with Crippen LogP contribution in [0.1, 0.15) is 0 Å². The second kappa shape index (κ2) is 8.42. The van der Waals surface area contributed by atoms with E-state index in [9.17, 15) is 10.2 Å². The van der Waals surface area contributed by atoms with Crippen LogP contribution in [0.2, 0.25) is 0 Å². The van der Waals surface area contributed by atoms with Gasteiger partial charge in [0.15, 0.2) is 0 Å². The summed E-state index contributed by atoms with van der Waals surface area (Å²) in [7, 11) is 0. The summed E-state index contributed by atoms with van der Waals surface area (Å²) in [5.41, 5.74) is 1.57. The van der Waals surface area contributed by atoms with Crippen LogP contribution < -0.4 is 113 Å². The molecule has 0 N–H and O–H groups in total. The maximum Gasteiger partial charge on any atom is 1.00 e. The van der Waals surface area contributed by atoms with Crippen LogP contribution in [0.5, 0.6) is 11.5 Å². The molecule has 0 aliphatic heterocycles. The monoisotopic (exact) mass is 262 g/mol. The third-order valence-corrected chi connectivity index (χ3v) is 2.00. The van der Waals surface area contributed by atoms with Crippen LogP contribution in [0.4, 0.5) is 0 Å². The normalized spacial score (nSPS) is 8.75. The van der Waals surface area contributed by atoms with Crippen LogP contribution in [0.25, 0.3) is 11.1 Å². The SMILES string of the molecule is [K+].[K+].[O-]c1cccc(-c2cccc([O-])c2)c1. The second-order valence-corrected chi connectivity index (χ2v) is 3.06. The summed E-state index contributed by atoms with van der Waals surface area (Å²) in [4.78, 5) is 0.